The summed E-state index contributed by atoms with van der Waals surface area (Å²) in [5.41, 5.74) is 1.60. The summed E-state index contributed by atoms with van der Waals surface area (Å²) < 4.78 is 16.3. The molecule has 0 amide bonds. The SMILES string of the molecule is COC(=O)c1cccc(-c2cnc(C(=O)CCc3ccc(OC4CCNCC4)cc3)o2)n1.Cl. The van der Waals surface area contributed by atoms with Crippen LogP contribution in [0.4, 0.5) is 0 Å². The van der Waals surface area contributed by atoms with E-state index in [0.717, 1.165) is 37.2 Å². The van der Waals surface area contributed by atoms with Crippen LogP contribution in [0.5, 0.6) is 5.75 Å². The van der Waals surface area contributed by atoms with E-state index in [9.17, 15) is 9.59 Å². The average molecular weight is 472 g/mol. The Kier molecular flexibility index (Phi) is 8.57. The van der Waals surface area contributed by atoms with Gasteiger partial charge in [0.15, 0.2) is 5.76 Å². The smallest absolute Gasteiger partial charge is 0.356 e. The second-order valence-corrected chi connectivity index (χ2v) is 7.56. The summed E-state index contributed by atoms with van der Waals surface area (Å²) in [5, 5.41) is 3.32. The lowest BCUT2D eigenvalue weighted by Gasteiger charge is -2.23. The summed E-state index contributed by atoms with van der Waals surface area (Å²) in [6.45, 7) is 1.97. The molecule has 1 aliphatic rings. The maximum absolute atomic E-state index is 12.5. The van der Waals surface area contributed by atoms with Crippen molar-refractivity contribution in [1.29, 1.82) is 0 Å². The number of esters is 1. The molecule has 33 heavy (non-hydrogen) atoms. The fraction of sp³-hybridized carbons (Fsp3) is 0.333. The molecule has 0 unspecified atom stereocenters. The molecule has 4 rings (SSSR count). The molecule has 1 fully saturated rings. The van der Waals surface area contributed by atoms with Crippen LogP contribution in [0.3, 0.4) is 0 Å². The lowest BCUT2D eigenvalue weighted by molar-refractivity contribution is 0.0594. The number of oxazole rings is 1. The van der Waals surface area contributed by atoms with Crippen molar-refractivity contribution in [2.24, 2.45) is 0 Å². The molecular weight excluding hydrogens is 446 g/mol. The van der Waals surface area contributed by atoms with Crippen molar-refractivity contribution in [3.8, 4) is 17.2 Å². The number of nitrogens with one attached hydrogen (secondary N) is 1. The molecule has 0 saturated carbocycles. The monoisotopic (exact) mass is 471 g/mol. The van der Waals surface area contributed by atoms with Crippen molar-refractivity contribution in [2.45, 2.75) is 31.8 Å². The fourth-order valence-corrected chi connectivity index (χ4v) is 3.52. The van der Waals surface area contributed by atoms with E-state index in [1.165, 1.54) is 13.3 Å². The van der Waals surface area contributed by atoms with E-state index in [1.54, 1.807) is 18.2 Å². The van der Waals surface area contributed by atoms with Crippen molar-refractivity contribution in [3.05, 3.63) is 65.8 Å². The molecule has 0 aliphatic carbocycles. The highest BCUT2D eigenvalue weighted by atomic mass is 35.5. The van der Waals surface area contributed by atoms with E-state index in [0.29, 0.717) is 17.9 Å². The van der Waals surface area contributed by atoms with Gasteiger partial charge in [-0.1, -0.05) is 18.2 Å². The predicted molar refractivity (Wildman–Crippen MR) is 124 cm³/mol. The number of carbonyl (C=O) groups excluding carboxylic acids is 2. The third kappa shape index (κ3) is 6.40. The van der Waals surface area contributed by atoms with Gasteiger partial charge in [0, 0.05) is 6.42 Å². The molecular formula is C24H26ClN3O5. The Morgan fingerprint density at radius 1 is 1.12 bits per heavy atom. The highest BCUT2D eigenvalue weighted by Gasteiger charge is 2.17. The van der Waals surface area contributed by atoms with Crippen molar-refractivity contribution in [2.75, 3.05) is 20.2 Å². The molecule has 8 nitrogen and oxygen atoms in total. The number of aromatic nitrogens is 2. The Bertz CT molecular complexity index is 1080. The van der Waals surface area contributed by atoms with E-state index >= 15 is 0 Å². The van der Waals surface area contributed by atoms with Gasteiger partial charge in [0.2, 0.25) is 5.78 Å². The molecule has 1 aromatic carbocycles. The zero-order valence-corrected chi connectivity index (χ0v) is 19.1. The van der Waals surface area contributed by atoms with Crippen molar-refractivity contribution < 1.29 is 23.5 Å². The summed E-state index contributed by atoms with van der Waals surface area (Å²) in [7, 11) is 1.29. The highest BCUT2D eigenvalue weighted by Crippen LogP contribution is 2.21. The van der Waals surface area contributed by atoms with Gasteiger partial charge >= 0.3 is 5.97 Å². The second kappa shape index (κ2) is 11.6. The van der Waals surface area contributed by atoms with Gasteiger partial charge < -0.3 is 19.2 Å². The van der Waals surface area contributed by atoms with Crippen LogP contribution in [0.25, 0.3) is 11.5 Å². The number of Topliss-reactive ketones (excluding diaryl/α,β-unsaturated/α-hetero) is 1. The van der Waals surface area contributed by atoms with Crippen molar-refractivity contribution >= 4 is 24.2 Å². The number of ketones is 1. The summed E-state index contributed by atoms with van der Waals surface area (Å²) in [6.07, 6.45) is 4.55. The number of rotatable bonds is 8. The second-order valence-electron chi connectivity index (χ2n) is 7.56. The first-order valence-electron chi connectivity index (χ1n) is 10.6. The minimum Gasteiger partial charge on any atom is -0.490 e. The maximum atomic E-state index is 12.5. The Morgan fingerprint density at radius 2 is 1.88 bits per heavy atom. The van der Waals surface area contributed by atoms with Crippen LogP contribution in [0.2, 0.25) is 0 Å². The first kappa shape index (κ1) is 24.4. The number of aryl methyl sites for hydroxylation is 1. The number of nitrogens with zero attached hydrogens (tertiary/aromatic N) is 2. The summed E-state index contributed by atoms with van der Waals surface area (Å²) >= 11 is 0. The molecule has 1 aliphatic heterocycles. The van der Waals surface area contributed by atoms with Gasteiger partial charge in [-0.05, 0) is 62.2 Å². The van der Waals surface area contributed by atoms with Crippen LogP contribution < -0.4 is 10.1 Å². The van der Waals surface area contributed by atoms with Crippen LogP contribution in [-0.4, -0.2) is 48.0 Å². The number of piperidine rings is 1. The van der Waals surface area contributed by atoms with E-state index in [-0.39, 0.29) is 42.3 Å². The van der Waals surface area contributed by atoms with Crippen LogP contribution in [-0.2, 0) is 11.2 Å². The highest BCUT2D eigenvalue weighted by molar-refractivity contribution is 5.92. The van der Waals surface area contributed by atoms with Gasteiger partial charge in [0.1, 0.15) is 23.2 Å². The lowest BCUT2D eigenvalue weighted by Crippen LogP contribution is -2.34. The number of methoxy groups -OCH3 is 1. The number of pyridine rings is 1. The number of benzene rings is 1. The van der Waals surface area contributed by atoms with E-state index < -0.39 is 5.97 Å². The number of halogens is 1. The Labute approximate surface area is 198 Å². The fourth-order valence-electron chi connectivity index (χ4n) is 3.52. The summed E-state index contributed by atoms with van der Waals surface area (Å²) in [6, 6.07) is 12.7. The molecule has 3 aromatic rings. The van der Waals surface area contributed by atoms with Gasteiger partial charge in [-0.15, -0.1) is 12.4 Å². The molecule has 0 radical (unpaired) electrons. The third-order valence-electron chi connectivity index (χ3n) is 5.29. The zero-order valence-electron chi connectivity index (χ0n) is 18.3. The van der Waals surface area contributed by atoms with Gasteiger partial charge in [-0.3, -0.25) is 4.79 Å². The molecule has 9 heteroatoms. The van der Waals surface area contributed by atoms with Gasteiger partial charge in [-0.25, -0.2) is 14.8 Å². The molecule has 0 spiro atoms. The van der Waals surface area contributed by atoms with E-state index in [2.05, 4.69) is 20.0 Å². The minimum atomic E-state index is -0.546. The molecule has 0 bridgehead atoms. The van der Waals surface area contributed by atoms with Crippen LogP contribution >= 0.6 is 12.4 Å². The first-order valence-corrected chi connectivity index (χ1v) is 10.6. The van der Waals surface area contributed by atoms with Crippen molar-refractivity contribution in [3.63, 3.8) is 0 Å². The molecule has 0 atom stereocenters. The number of hydrogen-bond acceptors (Lipinski definition) is 8. The Balaban J connectivity index is 0.00000306. The molecule has 3 heterocycles. The van der Waals surface area contributed by atoms with Crippen LogP contribution in [0, 0.1) is 0 Å². The topological polar surface area (TPSA) is 104 Å². The summed E-state index contributed by atoms with van der Waals surface area (Å²) in [5.74, 6) is 0.450. The maximum Gasteiger partial charge on any atom is 0.356 e. The number of hydrogen-bond donors (Lipinski definition) is 1. The van der Waals surface area contributed by atoms with Gasteiger partial charge in [-0.2, -0.15) is 0 Å². The largest absolute Gasteiger partial charge is 0.490 e. The standard InChI is InChI=1S/C24H25N3O5.ClH/c1-30-24(29)20-4-2-3-19(27-20)22-15-26-23(32-22)21(28)10-7-16-5-8-17(9-6-16)31-18-11-13-25-14-12-18;/h2-6,8-9,15,18,25H,7,10-14H2,1H3;1H. The Hall–Kier alpha value is -3.23. The van der Waals surface area contributed by atoms with Crippen LogP contribution in [0.15, 0.2) is 53.1 Å². The molecule has 2 aromatic heterocycles. The van der Waals surface area contributed by atoms with Gasteiger partial charge in [0.25, 0.3) is 5.89 Å². The summed E-state index contributed by atoms with van der Waals surface area (Å²) in [4.78, 5) is 32.5. The van der Waals surface area contributed by atoms with Gasteiger partial charge in [0.05, 0.1) is 13.3 Å². The number of carbonyl (C=O) groups is 2. The first-order chi connectivity index (χ1) is 15.6. The predicted octanol–water partition coefficient (Wildman–Crippen LogP) is 3.89. The number of ether oxygens (including phenoxy) is 2. The average Bonchev–Trinajstić information content (AvgIpc) is 3.34. The third-order valence-corrected chi connectivity index (χ3v) is 5.29. The Morgan fingerprint density at radius 3 is 2.61 bits per heavy atom. The zero-order chi connectivity index (χ0) is 22.3. The molecule has 1 N–H and O–H groups in total. The normalized spacial score (nSPS) is 13.7. The van der Waals surface area contributed by atoms with Crippen molar-refractivity contribution in [1.82, 2.24) is 15.3 Å². The van der Waals surface area contributed by atoms with E-state index in [4.69, 9.17) is 9.15 Å². The van der Waals surface area contributed by atoms with Crippen LogP contribution in [0.1, 0.15) is 46.0 Å². The lowest BCUT2D eigenvalue weighted by atomic mass is 10.1. The molecule has 1 saturated heterocycles. The minimum absolute atomic E-state index is 0. The quantitative estimate of drug-likeness (QED) is 0.390. The van der Waals surface area contributed by atoms with E-state index in [1.807, 2.05) is 24.3 Å². The molecule has 174 valence electrons.